The molecule has 0 aliphatic carbocycles. The minimum atomic E-state index is -0.968. The van der Waals surface area contributed by atoms with Crippen molar-refractivity contribution in [2.45, 2.75) is 77.0 Å². The molecule has 0 spiro atoms. The molecule has 0 unspecified atom stereocenters. The monoisotopic (exact) mass is 611 g/mol. The predicted molar refractivity (Wildman–Crippen MR) is 154 cm³/mol. The van der Waals surface area contributed by atoms with Gasteiger partial charge in [0.1, 0.15) is 24.2 Å². The highest BCUT2D eigenvalue weighted by Gasteiger charge is 2.34. The van der Waals surface area contributed by atoms with Gasteiger partial charge >= 0.3 is 0 Å². The zero-order chi connectivity index (χ0) is 32.5. The third-order valence-corrected chi connectivity index (χ3v) is 6.55. The highest BCUT2D eigenvalue weighted by atomic mass is 16.2. The largest absolute Gasteiger partial charge is 0.368 e. The number of carbonyl (C=O) groups is 8. The van der Waals surface area contributed by atoms with Gasteiger partial charge < -0.3 is 47.9 Å². The summed E-state index contributed by atoms with van der Waals surface area (Å²) in [5, 5.41) is 17.4. The summed E-state index contributed by atoms with van der Waals surface area (Å²) < 4.78 is 0. The van der Waals surface area contributed by atoms with Crippen LogP contribution in [0.4, 0.5) is 0 Å². The number of primary amides is 1. The molecule has 1 rings (SSSR count). The Hall–Kier alpha value is -4.28. The summed E-state index contributed by atoms with van der Waals surface area (Å²) in [5.74, 6) is -4.61. The van der Waals surface area contributed by atoms with Crippen molar-refractivity contribution >= 4 is 47.3 Å². The van der Waals surface area contributed by atoms with Crippen molar-refractivity contribution in [2.75, 3.05) is 39.8 Å². The number of rotatable bonds is 18. The fourth-order valence-corrected chi connectivity index (χ4v) is 4.14. The van der Waals surface area contributed by atoms with Crippen LogP contribution in [-0.2, 0) is 38.4 Å². The van der Waals surface area contributed by atoms with Gasteiger partial charge in [0.05, 0.1) is 26.2 Å². The van der Waals surface area contributed by atoms with Crippen LogP contribution < -0.4 is 43.0 Å². The Morgan fingerprint density at radius 3 is 2.00 bits per heavy atom. The van der Waals surface area contributed by atoms with Gasteiger partial charge in [-0.25, -0.2) is 0 Å². The van der Waals surface area contributed by atoms with Crippen LogP contribution in [0, 0.1) is 0 Å². The molecule has 1 aliphatic rings. The van der Waals surface area contributed by atoms with Crippen LogP contribution >= 0.6 is 0 Å². The maximum Gasteiger partial charge on any atom is 0.243 e. The van der Waals surface area contributed by atoms with Crippen LogP contribution in [0.2, 0.25) is 0 Å². The number of amides is 8. The predicted octanol–water partition coefficient (Wildman–Crippen LogP) is -4.28. The van der Waals surface area contributed by atoms with Gasteiger partial charge in [-0.1, -0.05) is 19.8 Å². The van der Waals surface area contributed by atoms with Crippen LogP contribution in [0.25, 0.3) is 0 Å². The molecule has 0 saturated carbocycles. The van der Waals surface area contributed by atoms with Crippen molar-refractivity contribution in [3.8, 4) is 0 Å². The zero-order valence-corrected chi connectivity index (χ0v) is 25.2. The van der Waals surface area contributed by atoms with E-state index in [0.29, 0.717) is 25.8 Å². The van der Waals surface area contributed by atoms with Crippen molar-refractivity contribution < 1.29 is 38.4 Å². The Labute approximate surface area is 250 Å². The van der Waals surface area contributed by atoms with E-state index in [-0.39, 0.29) is 25.4 Å². The number of nitrogens with one attached hydrogen (secondary N) is 7. The van der Waals surface area contributed by atoms with Gasteiger partial charge in [-0.05, 0) is 40.2 Å². The average Bonchev–Trinajstić information content (AvgIpc) is 3.45. The van der Waals surface area contributed by atoms with Gasteiger partial charge in [0.15, 0.2) is 0 Å². The van der Waals surface area contributed by atoms with E-state index in [1.54, 1.807) is 7.05 Å². The third-order valence-electron chi connectivity index (χ3n) is 6.55. The summed E-state index contributed by atoms with van der Waals surface area (Å²) >= 11 is 0. The van der Waals surface area contributed by atoms with E-state index >= 15 is 0 Å². The lowest BCUT2D eigenvalue weighted by atomic mass is 10.1. The standard InChI is InChI=1S/C26H45N9O8/c1-5-6-8-17(25(42)29-12-20(37)32-15(2)23(27)40)34-21(38)13-30-26(43)18-9-7-10-35(18)22(39)14-31-24(41)16(3)33-19(36)11-28-4/h15-18,28H,5-14H2,1-4H3,(H2,27,40)(H,29,42)(H,30,43)(H,31,41)(H,32,37)(H,33,36)(H,34,38)/t15-,16+,17-,18-/m0/s1. The molecule has 1 heterocycles. The van der Waals surface area contributed by atoms with Crippen LogP contribution in [0.15, 0.2) is 0 Å². The lowest BCUT2D eigenvalue weighted by Gasteiger charge is -2.24. The maximum atomic E-state index is 12.8. The van der Waals surface area contributed by atoms with Crippen molar-refractivity contribution in [1.29, 1.82) is 0 Å². The fourth-order valence-electron chi connectivity index (χ4n) is 4.14. The number of carbonyl (C=O) groups excluding carboxylic acids is 8. The fraction of sp³-hybridized carbons (Fsp3) is 0.692. The number of nitrogens with two attached hydrogens (primary N) is 1. The number of unbranched alkanes of at least 4 members (excludes halogenated alkanes) is 1. The minimum absolute atomic E-state index is 0.0313. The first-order valence-corrected chi connectivity index (χ1v) is 14.2. The Balaban J connectivity index is 2.59. The number of hydrogen-bond donors (Lipinski definition) is 8. The molecule has 43 heavy (non-hydrogen) atoms. The van der Waals surface area contributed by atoms with E-state index in [0.717, 1.165) is 6.42 Å². The van der Waals surface area contributed by atoms with Gasteiger partial charge in [0.25, 0.3) is 0 Å². The number of likely N-dealkylation sites (N-methyl/N-ethyl adjacent to an activating group) is 1. The second-order valence-electron chi connectivity index (χ2n) is 10.2. The van der Waals surface area contributed by atoms with Crippen molar-refractivity contribution in [1.82, 2.24) is 42.1 Å². The molecule has 0 aromatic carbocycles. The summed E-state index contributed by atoms with van der Waals surface area (Å²) in [7, 11) is 1.59. The molecule has 0 bridgehead atoms. The Kier molecular flexibility index (Phi) is 16.2. The molecule has 17 nitrogen and oxygen atoms in total. The van der Waals surface area contributed by atoms with Crippen LogP contribution in [-0.4, -0.2) is 116 Å². The second-order valence-corrected chi connectivity index (χ2v) is 10.2. The molecule has 1 fully saturated rings. The topological polar surface area (TPSA) is 250 Å². The van der Waals surface area contributed by atoms with Crippen molar-refractivity contribution in [2.24, 2.45) is 5.73 Å². The number of nitrogens with zero attached hydrogens (tertiary/aromatic N) is 1. The number of likely N-dealkylation sites (tertiary alicyclic amines) is 1. The SMILES string of the molecule is CCCC[C@H](NC(=O)CNC(=O)[C@@H]1CCCN1C(=O)CNC(=O)[C@@H](C)NC(=O)CNC)C(=O)NCC(=O)N[C@@H](C)C(N)=O. The smallest absolute Gasteiger partial charge is 0.243 e. The van der Waals surface area contributed by atoms with E-state index in [4.69, 9.17) is 5.73 Å². The van der Waals surface area contributed by atoms with Crippen LogP contribution in [0.5, 0.6) is 0 Å². The normalized spacial score (nSPS) is 16.2. The van der Waals surface area contributed by atoms with Crippen LogP contribution in [0.3, 0.4) is 0 Å². The summed E-state index contributed by atoms with van der Waals surface area (Å²) in [6, 6.07) is -3.59. The van der Waals surface area contributed by atoms with Gasteiger partial charge in [-0.3, -0.25) is 38.4 Å². The molecule has 0 aromatic heterocycles. The quantitative estimate of drug-likeness (QED) is 0.0746. The van der Waals surface area contributed by atoms with Gasteiger partial charge in [-0.15, -0.1) is 0 Å². The Bertz CT molecular complexity index is 1040. The highest BCUT2D eigenvalue weighted by Crippen LogP contribution is 2.17. The van der Waals surface area contributed by atoms with Crippen LogP contribution in [0.1, 0.15) is 52.9 Å². The van der Waals surface area contributed by atoms with Crippen molar-refractivity contribution in [3.05, 3.63) is 0 Å². The maximum absolute atomic E-state index is 12.8. The first-order valence-electron chi connectivity index (χ1n) is 14.2. The van der Waals surface area contributed by atoms with E-state index in [1.807, 2.05) is 6.92 Å². The molecule has 17 heteroatoms. The minimum Gasteiger partial charge on any atom is -0.368 e. The van der Waals surface area contributed by atoms with Gasteiger partial charge in [0, 0.05) is 6.54 Å². The third kappa shape index (κ3) is 13.5. The molecular weight excluding hydrogens is 566 g/mol. The summed E-state index contributed by atoms with van der Waals surface area (Å²) in [5.41, 5.74) is 5.10. The average molecular weight is 612 g/mol. The van der Waals surface area contributed by atoms with Gasteiger partial charge in [0.2, 0.25) is 47.3 Å². The molecule has 242 valence electrons. The molecule has 1 aliphatic heterocycles. The summed E-state index contributed by atoms with van der Waals surface area (Å²) in [6.45, 7) is 3.84. The van der Waals surface area contributed by atoms with Crippen molar-refractivity contribution in [3.63, 3.8) is 0 Å². The molecule has 9 N–H and O–H groups in total. The molecular formula is C26H45N9O8. The first-order chi connectivity index (χ1) is 20.3. The van der Waals surface area contributed by atoms with E-state index in [1.165, 1.54) is 18.7 Å². The summed E-state index contributed by atoms with van der Waals surface area (Å²) in [4.78, 5) is 98.9. The zero-order valence-electron chi connectivity index (χ0n) is 25.2. The van der Waals surface area contributed by atoms with E-state index in [2.05, 4.69) is 37.2 Å². The second kappa shape index (κ2) is 19.0. The molecule has 0 radical (unpaired) electrons. The molecule has 1 saturated heterocycles. The number of hydrogen-bond acceptors (Lipinski definition) is 9. The Morgan fingerprint density at radius 1 is 0.791 bits per heavy atom. The van der Waals surface area contributed by atoms with Gasteiger partial charge in [-0.2, -0.15) is 0 Å². The molecule has 4 atom stereocenters. The van der Waals surface area contributed by atoms with E-state index in [9.17, 15) is 38.4 Å². The first kappa shape index (κ1) is 36.7. The Morgan fingerprint density at radius 2 is 1.37 bits per heavy atom. The lowest BCUT2D eigenvalue weighted by molar-refractivity contribution is -0.139. The molecule has 0 aromatic rings. The molecule has 8 amide bonds. The lowest BCUT2D eigenvalue weighted by Crippen LogP contribution is -2.54. The van der Waals surface area contributed by atoms with E-state index < -0.39 is 78.6 Å². The highest BCUT2D eigenvalue weighted by molar-refractivity contribution is 5.95. The summed E-state index contributed by atoms with van der Waals surface area (Å²) in [6.07, 6.45) is 2.54.